The third kappa shape index (κ3) is 2.17. The molecule has 0 aromatic carbocycles. The lowest BCUT2D eigenvalue weighted by Crippen LogP contribution is -2.22. The van der Waals surface area contributed by atoms with E-state index in [1.807, 2.05) is 0 Å². The molecule has 1 aliphatic heterocycles. The maximum Gasteiger partial charge on any atom is 0.0854 e. The van der Waals surface area contributed by atoms with Crippen LogP contribution >= 0.6 is 11.3 Å². The number of rotatable bonds is 3. The van der Waals surface area contributed by atoms with Gasteiger partial charge in [-0.3, -0.25) is 0 Å². The van der Waals surface area contributed by atoms with Crippen molar-refractivity contribution in [3.63, 3.8) is 0 Å². The van der Waals surface area contributed by atoms with Crippen molar-refractivity contribution in [3.8, 4) is 0 Å². The first-order valence-electron chi connectivity index (χ1n) is 6.00. The van der Waals surface area contributed by atoms with Crippen LogP contribution in [0.25, 0.3) is 0 Å². The Bertz CT molecular complexity index is 359. The number of aryl methyl sites for hydroxylation is 2. The molecule has 16 heavy (non-hydrogen) atoms. The minimum Gasteiger partial charge on any atom is -0.388 e. The van der Waals surface area contributed by atoms with Crippen LogP contribution in [0, 0.1) is 19.8 Å². The maximum absolute atomic E-state index is 10.4. The topological polar surface area (TPSA) is 29.5 Å². The Kier molecular flexibility index (Phi) is 3.67. The van der Waals surface area contributed by atoms with E-state index in [2.05, 4.69) is 26.8 Å². The van der Waals surface area contributed by atoms with Crippen LogP contribution in [0.3, 0.4) is 0 Å². The van der Waals surface area contributed by atoms with E-state index in [9.17, 15) is 5.11 Å². The van der Waals surface area contributed by atoms with Crippen molar-refractivity contribution in [3.05, 3.63) is 21.4 Å². The van der Waals surface area contributed by atoms with Gasteiger partial charge in [0.15, 0.2) is 0 Å². The highest BCUT2D eigenvalue weighted by Gasteiger charge is 2.34. The SMILES string of the molecule is CCC1OCCC1C(O)c1cc(C)sc1C. The molecule has 3 atom stereocenters. The molecule has 0 amide bonds. The zero-order chi connectivity index (χ0) is 11.7. The van der Waals surface area contributed by atoms with Crippen molar-refractivity contribution in [1.29, 1.82) is 0 Å². The van der Waals surface area contributed by atoms with E-state index in [-0.39, 0.29) is 18.1 Å². The fourth-order valence-corrected chi connectivity index (χ4v) is 3.59. The van der Waals surface area contributed by atoms with Crippen LogP contribution < -0.4 is 0 Å². The molecule has 0 saturated carbocycles. The van der Waals surface area contributed by atoms with Crippen molar-refractivity contribution in [2.45, 2.75) is 45.8 Å². The number of thiophene rings is 1. The summed E-state index contributed by atoms with van der Waals surface area (Å²) in [5.74, 6) is 0.276. The first-order valence-corrected chi connectivity index (χ1v) is 6.81. The van der Waals surface area contributed by atoms with Gasteiger partial charge in [-0.15, -0.1) is 11.3 Å². The van der Waals surface area contributed by atoms with Gasteiger partial charge in [0.25, 0.3) is 0 Å². The summed E-state index contributed by atoms with van der Waals surface area (Å²) in [6.07, 6.45) is 1.85. The quantitative estimate of drug-likeness (QED) is 0.879. The standard InChI is InChI=1S/C13H20O2S/c1-4-12-10(5-6-15-12)13(14)11-7-8(2)16-9(11)3/h7,10,12-14H,4-6H2,1-3H3. The molecule has 90 valence electrons. The highest BCUT2D eigenvalue weighted by Crippen LogP contribution is 2.38. The fourth-order valence-electron chi connectivity index (χ4n) is 2.62. The molecule has 2 rings (SSSR count). The minimum absolute atomic E-state index is 0.231. The lowest BCUT2D eigenvalue weighted by molar-refractivity contribution is 0.0307. The molecule has 1 aromatic heterocycles. The van der Waals surface area contributed by atoms with Crippen LogP contribution in [0.1, 0.15) is 41.2 Å². The first-order chi connectivity index (χ1) is 7.63. The molecule has 0 aliphatic carbocycles. The predicted molar refractivity (Wildman–Crippen MR) is 66.9 cm³/mol. The van der Waals surface area contributed by atoms with Crippen molar-refractivity contribution in [2.24, 2.45) is 5.92 Å². The average Bonchev–Trinajstić information content (AvgIpc) is 2.83. The zero-order valence-electron chi connectivity index (χ0n) is 10.2. The number of aliphatic hydroxyl groups is 1. The maximum atomic E-state index is 10.4. The summed E-state index contributed by atoms with van der Waals surface area (Å²) >= 11 is 1.76. The van der Waals surface area contributed by atoms with E-state index in [4.69, 9.17) is 4.74 Å². The van der Waals surface area contributed by atoms with Crippen molar-refractivity contribution < 1.29 is 9.84 Å². The number of ether oxygens (including phenoxy) is 1. The monoisotopic (exact) mass is 240 g/mol. The molecule has 3 heteroatoms. The van der Waals surface area contributed by atoms with Gasteiger partial charge in [-0.1, -0.05) is 6.92 Å². The Morgan fingerprint density at radius 1 is 1.56 bits per heavy atom. The van der Waals surface area contributed by atoms with E-state index in [1.54, 1.807) is 11.3 Å². The highest BCUT2D eigenvalue weighted by molar-refractivity contribution is 7.12. The van der Waals surface area contributed by atoms with Crippen LogP contribution in [0.4, 0.5) is 0 Å². The summed E-state index contributed by atoms with van der Waals surface area (Å²) in [5, 5.41) is 10.4. The average molecular weight is 240 g/mol. The Hall–Kier alpha value is -0.380. The van der Waals surface area contributed by atoms with Gasteiger partial charge < -0.3 is 9.84 Å². The Balaban J connectivity index is 2.18. The molecule has 0 spiro atoms. The second-order valence-corrected chi connectivity index (χ2v) is 6.04. The molecule has 3 unspecified atom stereocenters. The van der Waals surface area contributed by atoms with E-state index >= 15 is 0 Å². The molecule has 1 aliphatic rings. The Labute approximate surface area is 101 Å². The van der Waals surface area contributed by atoms with Crippen molar-refractivity contribution >= 4 is 11.3 Å². The second kappa shape index (κ2) is 4.86. The molecule has 1 fully saturated rings. The van der Waals surface area contributed by atoms with Gasteiger partial charge in [0.05, 0.1) is 12.2 Å². The van der Waals surface area contributed by atoms with E-state index in [1.165, 1.54) is 9.75 Å². The van der Waals surface area contributed by atoms with Gasteiger partial charge >= 0.3 is 0 Å². The smallest absolute Gasteiger partial charge is 0.0854 e. The van der Waals surface area contributed by atoms with Gasteiger partial charge in [-0.05, 0) is 38.3 Å². The number of hydrogen-bond acceptors (Lipinski definition) is 3. The number of hydrogen-bond donors (Lipinski definition) is 1. The van der Waals surface area contributed by atoms with E-state index in [0.29, 0.717) is 0 Å². The molecule has 0 radical (unpaired) electrons. The zero-order valence-corrected chi connectivity index (χ0v) is 11.0. The summed E-state index contributed by atoms with van der Waals surface area (Å²) in [6.45, 7) is 7.10. The molecular weight excluding hydrogens is 220 g/mol. The first kappa shape index (κ1) is 12.1. The van der Waals surface area contributed by atoms with Crippen LogP contribution in [0.5, 0.6) is 0 Å². The molecule has 1 saturated heterocycles. The molecule has 1 N–H and O–H groups in total. The third-order valence-corrected chi connectivity index (χ3v) is 4.45. The second-order valence-electron chi connectivity index (χ2n) is 4.58. The van der Waals surface area contributed by atoms with E-state index < -0.39 is 0 Å². The lowest BCUT2D eigenvalue weighted by atomic mass is 9.89. The highest BCUT2D eigenvalue weighted by atomic mass is 32.1. The van der Waals surface area contributed by atoms with E-state index in [0.717, 1.165) is 25.0 Å². The molecule has 2 heterocycles. The van der Waals surface area contributed by atoms with Crippen molar-refractivity contribution in [1.82, 2.24) is 0 Å². The van der Waals surface area contributed by atoms with Crippen LogP contribution in [-0.4, -0.2) is 17.8 Å². The fraction of sp³-hybridized carbons (Fsp3) is 0.692. The van der Waals surface area contributed by atoms with Gasteiger partial charge in [0.2, 0.25) is 0 Å². The Morgan fingerprint density at radius 3 is 2.88 bits per heavy atom. The molecule has 1 aromatic rings. The van der Waals surface area contributed by atoms with Crippen LogP contribution in [0.15, 0.2) is 6.07 Å². The summed E-state index contributed by atoms with van der Waals surface area (Å²) in [6, 6.07) is 2.12. The summed E-state index contributed by atoms with van der Waals surface area (Å²) in [7, 11) is 0. The van der Waals surface area contributed by atoms with Crippen molar-refractivity contribution in [2.75, 3.05) is 6.61 Å². The normalized spacial score (nSPS) is 27.2. The van der Waals surface area contributed by atoms with Gasteiger partial charge in [-0.2, -0.15) is 0 Å². The Morgan fingerprint density at radius 2 is 2.31 bits per heavy atom. The predicted octanol–water partition coefficient (Wildman–Crippen LogP) is 3.21. The van der Waals surface area contributed by atoms with Gasteiger partial charge in [0, 0.05) is 22.3 Å². The molecule has 0 bridgehead atoms. The summed E-state index contributed by atoms with van der Waals surface area (Å²) in [5.41, 5.74) is 1.11. The number of aliphatic hydroxyl groups excluding tert-OH is 1. The van der Waals surface area contributed by atoms with Gasteiger partial charge in [0.1, 0.15) is 0 Å². The lowest BCUT2D eigenvalue weighted by Gasteiger charge is -2.22. The third-order valence-electron chi connectivity index (χ3n) is 3.47. The minimum atomic E-state index is -0.350. The van der Waals surface area contributed by atoms with Crippen LogP contribution in [0.2, 0.25) is 0 Å². The molecular formula is C13H20O2S. The summed E-state index contributed by atoms with van der Waals surface area (Å²) < 4.78 is 5.65. The van der Waals surface area contributed by atoms with Gasteiger partial charge in [-0.25, -0.2) is 0 Å². The molecule has 2 nitrogen and oxygen atoms in total. The van der Waals surface area contributed by atoms with Crippen LogP contribution in [-0.2, 0) is 4.74 Å². The summed E-state index contributed by atoms with van der Waals surface area (Å²) in [4.78, 5) is 2.52. The largest absolute Gasteiger partial charge is 0.388 e.